The maximum absolute atomic E-state index is 9.21. The zero-order valence-corrected chi connectivity index (χ0v) is 8.99. The van der Waals surface area contributed by atoms with Crippen LogP contribution in [-0.2, 0) is 5.54 Å². The summed E-state index contributed by atoms with van der Waals surface area (Å²) in [5.74, 6) is 0. The normalized spacial score (nSPS) is 14.9. The number of aliphatic hydroxyl groups excluding tert-OH is 1. The van der Waals surface area contributed by atoms with Gasteiger partial charge < -0.3 is 15.7 Å². The third-order valence-electron chi connectivity index (χ3n) is 2.33. The van der Waals surface area contributed by atoms with E-state index in [4.69, 9.17) is 5.73 Å². The zero-order valence-electron chi connectivity index (χ0n) is 8.99. The average molecular weight is 194 g/mol. The van der Waals surface area contributed by atoms with Crippen LogP contribution in [0.1, 0.15) is 12.5 Å². The van der Waals surface area contributed by atoms with Crippen molar-refractivity contribution in [3.63, 3.8) is 0 Å². The van der Waals surface area contributed by atoms with Gasteiger partial charge in [-0.2, -0.15) is 0 Å². The second-order valence-corrected chi connectivity index (χ2v) is 3.99. The van der Waals surface area contributed by atoms with Crippen LogP contribution in [0, 0.1) is 0 Å². The van der Waals surface area contributed by atoms with Gasteiger partial charge >= 0.3 is 0 Å². The number of benzene rings is 1. The van der Waals surface area contributed by atoms with E-state index in [2.05, 4.69) is 0 Å². The Balaban J connectivity index is 3.20. The highest BCUT2D eigenvalue weighted by Gasteiger charge is 2.23. The van der Waals surface area contributed by atoms with Crippen LogP contribution in [-0.4, -0.2) is 25.8 Å². The first kappa shape index (κ1) is 11.0. The van der Waals surface area contributed by atoms with Gasteiger partial charge in [-0.05, 0) is 18.6 Å². The molecule has 0 aliphatic heterocycles. The van der Waals surface area contributed by atoms with Crippen LogP contribution in [0.5, 0.6) is 0 Å². The third kappa shape index (κ3) is 2.05. The highest BCUT2D eigenvalue weighted by atomic mass is 16.3. The van der Waals surface area contributed by atoms with Crippen molar-refractivity contribution in [2.45, 2.75) is 12.5 Å². The van der Waals surface area contributed by atoms with Crippen molar-refractivity contribution in [1.82, 2.24) is 0 Å². The molecule has 1 atom stereocenters. The molecule has 3 heteroatoms. The van der Waals surface area contributed by atoms with Crippen LogP contribution in [0.4, 0.5) is 5.69 Å². The molecule has 78 valence electrons. The van der Waals surface area contributed by atoms with Gasteiger partial charge in [0.15, 0.2) is 0 Å². The number of aliphatic hydroxyl groups is 1. The number of anilines is 1. The molecule has 1 aromatic rings. The molecular formula is C11H18N2O. The first-order chi connectivity index (χ1) is 6.49. The van der Waals surface area contributed by atoms with Gasteiger partial charge in [-0.15, -0.1) is 0 Å². The van der Waals surface area contributed by atoms with Gasteiger partial charge in [0, 0.05) is 19.8 Å². The number of para-hydroxylation sites is 1. The maximum Gasteiger partial charge on any atom is 0.0651 e. The van der Waals surface area contributed by atoms with Gasteiger partial charge in [-0.3, -0.25) is 0 Å². The molecule has 3 nitrogen and oxygen atoms in total. The number of nitrogens with two attached hydrogens (primary N) is 1. The molecular weight excluding hydrogens is 176 g/mol. The Bertz CT molecular complexity index is 308. The van der Waals surface area contributed by atoms with E-state index < -0.39 is 5.54 Å². The fourth-order valence-electron chi connectivity index (χ4n) is 1.43. The molecule has 0 amide bonds. The van der Waals surface area contributed by atoms with E-state index in [0.717, 1.165) is 11.3 Å². The Morgan fingerprint density at radius 3 is 2.43 bits per heavy atom. The van der Waals surface area contributed by atoms with Gasteiger partial charge in [0.25, 0.3) is 0 Å². The monoisotopic (exact) mass is 194 g/mol. The lowest BCUT2D eigenvalue weighted by molar-refractivity contribution is 0.210. The molecule has 0 aliphatic rings. The van der Waals surface area contributed by atoms with Crippen LogP contribution in [0.3, 0.4) is 0 Å². The van der Waals surface area contributed by atoms with E-state index in [-0.39, 0.29) is 6.61 Å². The van der Waals surface area contributed by atoms with Crippen LogP contribution < -0.4 is 10.6 Å². The molecule has 0 heterocycles. The SMILES string of the molecule is CN(C)c1ccccc1[C@](C)(N)CO. The standard InChI is InChI=1S/C11H18N2O/c1-11(12,8-14)9-6-4-5-7-10(9)13(2)3/h4-7,14H,8,12H2,1-3H3/t11-/m1/s1. The smallest absolute Gasteiger partial charge is 0.0651 e. The largest absolute Gasteiger partial charge is 0.394 e. The summed E-state index contributed by atoms with van der Waals surface area (Å²) in [5.41, 5.74) is 7.33. The predicted octanol–water partition coefficient (Wildman–Crippen LogP) is 0.919. The Kier molecular flexibility index (Phi) is 3.13. The Labute approximate surface area is 85.2 Å². The fourth-order valence-corrected chi connectivity index (χ4v) is 1.43. The molecule has 3 N–H and O–H groups in total. The predicted molar refractivity (Wildman–Crippen MR) is 59.4 cm³/mol. The van der Waals surface area contributed by atoms with E-state index in [1.165, 1.54) is 0 Å². The Morgan fingerprint density at radius 1 is 1.36 bits per heavy atom. The molecule has 0 saturated heterocycles. The minimum atomic E-state index is -0.680. The highest BCUT2D eigenvalue weighted by Crippen LogP contribution is 2.27. The summed E-state index contributed by atoms with van der Waals surface area (Å²) >= 11 is 0. The summed E-state index contributed by atoms with van der Waals surface area (Å²) in [5, 5.41) is 9.21. The van der Waals surface area contributed by atoms with Crippen molar-refractivity contribution in [3.05, 3.63) is 29.8 Å². The first-order valence-electron chi connectivity index (χ1n) is 4.65. The van der Waals surface area contributed by atoms with Crippen molar-refractivity contribution < 1.29 is 5.11 Å². The minimum Gasteiger partial charge on any atom is -0.394 e. The fraction of sp³-hybridized carbons (Fsp3) is 0.455. The summed E-state index contributed by atoms with van der Waals surface area (Å²) < 4.78 is 0. The number of nitrogens with zero attached hydrogens (tertiary/aromatic N) is 1. The van der Waals surface area contributed by atoms with Gasteiger partial charge in [-0.25, -0.2) is 0 Å². The molecule has 0 saturated carbocycles. The minimum absolute atomic E-state index is 0.0577. The second kappa shape index (κ2) is 3.98. The summed E-state index contributed by atoms with van der Waals surface area (Å²) in [6, 6.07) is 7.84. The molecule has 14 heavy (non-hydrogen) atoms. The summed E-state index contributed by atoms with van der Waals surface area (Å²) in [7, 11) is 3.93. The second-order valence-electron chi connectivity index (χ2n) is 3.99. The van der Waals surface area contributed by atoms with Crippen molar-refractivity contribution in [3.8, 4) is 0 Å². The number of rotatable bonds is 3. The zero-order chi connectivity index (χ0) is 10.8. The Hall–Kier alpha value is -1.06. The van der Waals surface area contributed by atoms with Crippen molar-refractivity contribution in [2.24, 2.45) is 5.73 Å². The quantitative estimate of drug-likeness (QED) is 0.752. The lowest BCUT2D eigenvalue weighted by Crippen LogP contribution is -2.38. The maximum atomic E-state index is 9.21. The summed E-state index contributed by atoms with van der Waals surface area (Å²) in [6.45, 7) is 1.77. The lowest BCUT2D eigenvalue weighted by atomic mass is 9.92. The molecule has 0 bridgehead atoms. The van der Waals surface area contributed by atoms with Gasteiger partial charge in [0.1, 0.15) is 0 Å². The van der Waals surface area contributed by atoms with Crippen molar-refractivity contribution in [2.75, 3.05) is 25.6 Å². The molecule has 0 aromatic heterocycles. The highest BCUT2D eigenvalue weighted by molar-refractivity contribution is 5.55. The van der Waals surface area contributed by atoms with E-state index in [1.807, 2.05) is 50.2 Å². The molecule has 0 spiro atoms. The first-order valence-corrected chi connectivity index (χ1v) is 4.65. The number of hydrogen-bond donors (Lipinski definition) is 2. The average Bonchev–Trinajstić information content (AvgIpc) is 2.18. The molecule has 0 aliphatic carbocycles. The van der Waals surface area contributed by atoms with Gasteiger partial charge in [0.05, 0.1) is 12.1 Å². The molecule has 0 unspecified atom stereocenters. The Morgan fingerprint density at radius 2 is 1.93 bits per heavy atom. The van der Waals surface area contributed by atoms with Crippen LogP contribution in [0.2, 0.25) is 0 Å². The van der Waals surface area contributed by atoms with Crippen molar-refractivity contribution >= 4 is 5.69 Å². The number of hydrogen-bond acceptors (Lipinski definition) is 3. The van der Waals surface area contributed by atoms with Crippen molar-refractivity contribution in [1.29, 1.82) is 0 Å². The van der Waals surface area contributed by atoms with E-state index in [9.17, 15) is 5.11 Å². The van der Waals surface area contributed by atoms with Gasteiger partial charge in [-0.1, -0.05) is 18.2 Å². The summed E-state index contributed by atoms with van der Waals surface area (Å²) in [6.07, 6.45) is 0. The molecule has 1 aromatic carbocycles. The van der Waals surface area contributed by atoms with E-state index in [0.29, 0.717) is 0 Å². The van der Waals surface area contributed by atoms with Crippen LogP contribution in [0.15, 0.2) is 24.3 Å². The van der Waals surface area contributed by atoms with Gasteiger partial charge in [0.2, 0.25) is 0 Å². The van der Waals surface area contributed by atoms with Crippen LogP contribution >= 0.6 is 0 Å². The van der Waals surface area contributed by atoms with Crippen LogP contribution in [0.25, 0.3) is 0 Å². The van der Waals surface area contributed by atoms with E-state index >= 15 is 0 Å². The molecule has 0 radical (unpaired) electrons. The molecule has 1 rings (SSSR count). The topological polar surface area (TPSA) is 49.5 Å². The third-order valence-corrected chi connectivity index (χ3v) is 2.33. The van der Waals surface area contributed by atoms with E-state index in [1.54, 1.807) is 0 Å². The summed E-state index contributed by atoms with van der Waals surface area (Å²) in [4.78, 5) is 2.00. The molecule has 0 fully saturated rings. The lowest BCUT2D eigenvalue weighted by Gasteiger charge is -2.28.